The van der Waals surface area contributed by atoms with Crippen molar-refractivity contribution >= 4 is 0 Å². The minimum atomic E-state index is -0.331. The summed E-state index contributed by atoms with van der Waals surface area (Å²) in [5, 5.41) is 12.5. The van der Waals surface area contributed by atoms with Gasteiger partial charge in [-0.25, -0.2) is 0 Å². The van der Waals surface area contributed by atoms with E-state index in [1.165, 1.54) is 37.7 Å². The lowest BCUT2D eigenvalue weighted by Crippen LogP contribution is -2.36. The fourth-order valence-corrected chi connectivity index (χ4v) is 2.98. The van der Waals surface area contributed by atoms with Crippen LogP contribution in [0.1, 0.15) is 51.5 Å². The predicted molar refractivity (Wildman–Crippen MR) is 97.6 cm³/mol. The number of aliphatic hydroxyl groups excluding tert-OH is 1. The molecule has 0 heterocycles. The van der Waals surface area contributed by atoms with Gasteiger partial charge in [-0.15, -0.1) is 0 Å². The molecule has 1 aliphatic carbocycles. The van der Waals surface area contributed by atoms with Crippen molar-refractivity contribution < 1.29 is 14.6 Å². The van der Waals surface area contributed by atoms with E-state index < -0.39 is 0 Å². The van der Waals surface area contributed by atoms with E-state index in [-0.39, 0.29) is 12.1 Å². The van der Waals surface area contributed by atoms with E-state index in [9.17, 15) is 5.11 Å². The first kappa shape index (κ1) is 19.2. The van der Waals surface area contributed by atoms with Gasteiger partial charge >= 0.3 is 0 Å². The number of benzene rings is 1. The molecule has 1 saturated carbocycles. The Morgan fingerprint density at radius 3 is 2.50 bits per heavy atom. The highest BCUT2D eigenvalue weighted by Crippen LogP contribution is 2.20. The number of nitrogens with one attached hydrogen (secondary N) is 1. The molecular weight excluding hydrogens is 302 g/mol. The van der Waals surface area contributed by atoms with E-state index >= 15 is 0 Å². The predicted octanol–water partition coefficient (Wildman–Crippen LogP) is 3.32. The average Bonchev–Trinajstić information content (AvgIpc) is 2.60. The second-order valence-corrected chi connectivity index (χ2v) is 6.99. The zero-order valence-corrected chi connectivity index (χ0v) is 15.2. The van der Waals surface area contributed by atoms with Gasteiger partial charge in [0.05, 0.1) is 18.8 Å². The second-order valence-electron chi connectivity index (χ2n) is 6.99. The molecule has 1 aromatic carbocycles. The summed E-state index contributed by atoms with van der Waals surface area (Å²) in [6, 6.07) is 8.50. The first-order chi connectivity index (χ1) is 11.6. The first-order valence-electron chi connectivity index (χ1n) is 9.38. The van der Waals surface area contributed by atoms with Crippen molar-refractivity contribution in [2.45, 2.75) is 70.6 Å². The summed E-state index contributed by atoms with van der Waals surface area (Å²) >= 11 is 0. The van der Waals surface area contributed by atoms with E-state index in [0.29, 0.717) is 19.3 Å². The molecule has 4 heteroatoms. The first-order valence-corrected chi connectivity index (χ1v) is 9.38. The molecule has 0 radical (unpaired) electrons. The number of hydrogen-bond acceptors (Lipinski definition) is 4. The van der Waals surface area contributed by atoms with Gasteiger partial charge in [-0.05, 0) is 50.8 Å². The minimum absolute atomic E-state index is 0.211. The van der Waals surface area contributed by atoms with Crippen LogP contribution in [0.2, 0.25) is 0 Å². The van der Waals surface area contributed by atoms with Crippen molar-refractivity contribution in [3.8, 4) is 5.75 Å². The Kier molecular flexibility index (Phi) is 8.57. The molecule has 0 aromatic heterocycles. The lowest BCUT2D eigenvalue weighted by molar-refractivity contribution is 0.0303. The zero-order chi connectivity index (χ0) is 17.2. The van der Waals surface area contributed by atoms with Crippen molar-refractivity contribution in [3.05, 3.63) is 29.8 Å². The van der Waals surface area contributed by atoms with Gasteiger partial charge in [0.15, 0.2) is 0 Å². The highest BCUT2D eigenvalue weighted by Gasteiger charge is 2.13. The van der Waals surface area contributed by atoms with Crippen molar-refractivity contribution in [1.29, 1.82) is 0 Å². The molecule has 0 aliphatic heterocycles. The summed E-state index contributed by atoms with van der Waals surface area (Å²) in [7, 11) is 0. The van der Waals surface area contributed by atoms with Crippen molar-refractivity contribution in [2.75, 3.05) is 19.8 Å². The quantitative estimate of drug-likeness (QED) is 0.689. The smallest absolute Gasteiger partial charge is 0.119 e. The van der Waals surface area contributed by atoms with Crippen LogP contribution in [-0.2, 0) is 11.2 Å². The Labute approximate surface area is 146 Å². The van der Waals surface area contributed by atoms with Crippen molar-refractivity contribution in [2.24, 2.45) is 0 Å². The third kappa shape index (κ3) is 7.65. The van der Waals surface area contributed by atoms with Crippen LogP contribution in [0.3, 0.4) is 0 Å². The molecule has 2 unspecified atom stereocenters. The van der Waals surface area contributed by atoms with Crippen LogP contribution in [0.5, 0.6) is 5.75 Å². The molecule has 0 bridgehead atoms. The van der Waals surface area contributed by atoms with Crippen LogP contribution in [0.15, 0.2) is 24.3 Å². The van der Waals surface area contributed by atoms with Gasteiger partial charge in [0, 0.05) is 12.6 Å². The van der Waals surface area contributed by atoms with Gasteiger partial charge in [-0.1, -0.05) is 31.4 Å². The largest absolute Gasteiger partial charge is 0.492 e. The van der Waals surface area contributed by atoms with Crippen LogP contribution in [0, 0.1) is 0 Å². The molecule has 1 fully saturated rings. The van der Waals surface area contributed by atoms with Gasteiger partial charge in [0.25, 0.3) is 0 Å². The van der Waals surface area contributed by atoms with Crippen LogP contribution >= 0.6 is 0 Å². The molecule has 24 heavy (non-hydrogen) atoms. The molecule has 0 saturated heterocycles. The molecule has 1 aliphatic rings. The van der Waals surface area contributed by atoms with Gasteiger partial charge in [0.1, 0.15) is 12.4 Å². The SMILES string of the molecule is CC(O)CNC(C)COc1ccc(CCOC2CCCCC2)cc1. The highest BCUT2D eigenvalue weighted by atomic mass is 16.5. The summed E-state index contributed by atoms with van der Waals surface area (Å²) in [5.41, 5.74) is 1.29. The monoisotopic (exact) mass is 335 g/mol. The van der Waals surface area contributed by atoms with Gasteiger partial charge in [0.2, 0.25) is 0 Å². The van der Waals surface area contributed by atoms with Gasteiger partial charge < -0.3 is 19.9 Å². The van der Waals surface area contributed by atoms with E-state index in [2.05, 4.69) is 24.4 Å². The highest BCUT2D eigenvalue weighted by molar-refractivity contribution is 5.27. The fraction of sp³-hybridized carbons (Fsp3) is 0.700. The molecule has 1 aromatic rings. The maximum atomic E-state index is 9.26. The van der Waals surface area contributed by atoms with E-state index in [1.54, 1.807) is 6.92 Å². The number of ether oxygens (including phenoxy) is 2. The van der Waals surface area contributed by atoms with E-state index in [1.807, 2.05) is 12.1 Å². The summed E-state index contributed by atoms with van der Waals surface area (Å²) in [6.07, 6.45) is 7.59. The Balaban J connectivity index is 1.63. The third-order valence-electron chi connectivity index (χ3n) is 4.48. The Bertz CT molecular complexity index is 441. The van der Waals surface area contributed by atoms with Crippen LogP contribution in [0.25, 0.3) is 0 Å². The second kappa shape index (κ2) is 10.7. The zero-order valence-electron chi connectivity index (χ0n) is 15.2. The molecule has 2 N–H and O–H groups in total. The summed E-state index contributed by atoms with van der Waals surface area (Å²) in [6.45, 7) is 5.82. The standard InChI is InChI=1S/C20H33NO3/c1-16(21-14-17(2)22)15-24-20-10-8-18(9-11-20)12-13-23-19-6-4-3-5-7-19/h8-11,16-17,19,21-22H,3-7,12-15H2,1-2H3. The van der Waals surface area contributed by atoms with Crippen LogP contribution < -0.4 is 10.1 Å². The van der Waals surface area contributed by atoms with Crippen LogP contribution in [-0.4, -0.2) is 43.1 Å². The summed E-state index contributed by atoms with van der Waals surface area (Å²) in [5.74, 6) is 0.887. The normalized spacial score (nSPS) is 18.3. The lowest BCUT2D eigenvalue weighted by Gasteiger charge is -2.22. The van der Waals surface area contributed by atoms with Gasteiger partial charge in [-0.2, -0.15) is 0 Å². The molecular formula is C20H33NO3. The molecule has 2 rings (SSSR count). The number of rotatable bonds is 10. The molecule has 0 spiro atoms. The maximum absolute atomic E-state index is 9.26. The topological polar surface area (TPSA) is 50.7 Å². The third-order valence-corrected chi connectivity index (χ3v) is 4.48. The fourth-order valence-electron chi connectivity index (χ4n) is 2.98. The van der Waals surface area contributed by atoms with E-state index in [4.69, 9.17) is 9.47 Å². The Hall–Kier alpha value is -1.10. The Morgan fingerprint density at radius 2 is 1.83 bits per heavy atom. The van der Waals surface area contributed by atoms with Crippen molar-refractivity contribution in [1.82, 2.24) is 5.32 Å². The van der Waals surface area contributed by atoms with Crippen LogP contribution in [0.4, 0.5) is 0 Å². The molecule has 2 atom stereocenters. The minimum Gasteiger partial charge on any atom is -0.492 e. The number of aliphatic hydroxyl groups is 1. The lowest BCUT2D eigenvalue weighted by atomic mass is 9.98. The van der Waals surface area contributed by atoms with E-state index in [0.717, 1.165) is 18.8 Å². The average molecular weight is 335 g/mol. The number of hydrogen-bond donors (Lipinski definition) is 2. The summed E-state index contributed by atoms with van der Waals surface area (Å²) in [4.78, 5) is 0. The maximum Gasteiger partial charge on any atom is 0.119 e. The molecule has 136 valence electrons. The molecule has 4 nitrogen and oxygen atoms in total. The molecule has 0 amide bonds. The Morgan fingerprint density at radius 1 is 1.12 bits per heavy atom. The van der Waals surface area contributed by atoms with Gasteiger partial charge in [-0.3, -0.25) is 0 Å². The van der Waals surface area contributed by atoms with Crippen molar-refractivity contribution in [3.63, 3.8) is 0 Å². The summed E-state index contributed by atoms with van der Waals surface area (Å²) < 4.78 is 11.8.